The highest BCUT2D eigenvalue weighted by Crippen LogP contribution is 2.22. The van der Waals surface area contributed by atoms with E-state index in [0.29, 0.717) is 11.4 Å². The molecule has 150 valence electrons. The van der Waals surface area contributed by atoms with Crippen molar-refractivity contribution in [3.63, 3.8) is 0 Å². The Hall–Kier alpha value is -2.45. The molecule has 2 N–H and O–H groups in total. The van der Waals surface area contributed by atoms with Crippen LogP contribution in [-0.4, -0.2) is 27.0 Å². The first-order valence-electron chi connectivity index (χ1n) is 9.15. The Bertz CT molecular complexity index is 939. The fraction of sp³-hybridized carbons (Fsp3) is 0.350. The molecule has 1 aliphatic rings. The first kappa shape index (κ1) is 20.3. The molecule has 2 aromatic carbocycles. The van der Waals surface area contributed by atoms with Gasteiger partial charge in [0.1, 0.15) is 11.6 Å². The third-order valence-corrected chi connectivity index (χ3v) is 6.19. The van der Waals surface area contributed by atoms with Crippen LogP contribution in [0.4, 0.5) is 10.1 Å². The van der Waals surface area contributed by atoms with Crippen LogP contribution in [0.15, 0.2) is 47.4 Å². The van der Waals surface area contributed by atoms with Gasteiger partial charge in [-0.05, 0) is 61.7 Å². The second-order valence-electron chi connectivity index (χ2n) is 6.87. The minimum absolute atomic E-state index is 0.00379. The van der Waals surface area contributed by atoms with E-state index < -0.39 is 21.7 Å². The van der Waals surface area contributed by atoms with Crippen molar-refractivity contribution in [1.29, 1.82) is 0 Å². The molecule has 0 bridgehead atoms. The van der Waals surface area contributed by atoms with Crippen LogP contribution in [0.25, 0.3) is 0 Å². The average Bonchev–Trinajstić information content (AvgIpc) is 3.16. The molecule has 0 aromatic heterocycles. The molecule has 8 heteroatoms. The second kappa shape index (κ2) is 8.70. The molecule has 1 aliphatic carbocycles. The van der Waals surface area contributed by atoms with Gasteiger partial charge in [-0.25, -0.2) is 17.5 Å². The Balaban J connectivity index is 1.55. The number of halogens is 1. The van der Waals surface area contributed by atoms with Gasteiger partial charge < -0.3 is 10.1 Å². The van der Waals surface area contributed by atoms with E-state index in [4.69, 9.17) is 4.74 Å². The lowest BCUT2D eigenvalue weighted by atomic mass is 10.2. The Morgan fingerprint density at radius 2 is 1.82 bits per heavy atom. The Kier molecular flexibility index (Phi) is 6.31. The van der Waals surface area contributed by atoms with Crippen molar-refractivity contribution in [1.82, 2.24) is 4.72 Å². The SMILES string of the molecule is Cc1ccc(F)cc1NC(=O)COc1ccc(S(=O)(=O)NC2CCCC2)cc1. The van der Waals surface area contributed by atoms with Gasteiger partial charge in [-0.3, -0.25) is 4.79 Å². The number of carbonyl (C=O) groups excluding carboxylic acids is 1. The molecule has 3 rings (SSSR count). The van der Waals surface area contributed by atoms with E-state index >= 15 is 0 Å². The lowest BCUT2D eigenvalue weighted by Gasteiger charge is -2.13. The number of aryl methyl sites for hydroxylation is 1. The van der Waals surface area contributed by atoms with Crippen LogP contribution in [0.1, 0.15) is 31.2 Å². The van der Waals surface area contributed by atoms with Crippen molar-refractivity contribution in [2.45, 2.75) is 43.5 Å². The lowest BCUT2D eigenvalue weighted by Crippen LogP contribution is -2.32. The number of nitrogens with one attached hydrogen (secondary N) is 2. The Labute approximate surface area is 164 Å². The molecule has 28 heavy (non-hydrogen) atoms. The molecule has 2 aromatic rings. The predicted octanol–water partition coefficient (Wildman–Crippen LogP) is 3.37. The number of ether oxygens (including phenoxy) is 1. The normalized spacial score (nSPS) is 14.8. The fourth-order valence-corrected chi connectivity index (χ4v) is 4.42. The number of rotatable bonds is 7. The van der Waals surface area contributed by atoms with Gasteiger partial charge in [0.2, 0.25) is 10.0 Å². The zero-order chi connectivity index (χ0) is 20.1. The molecule has 0 aliphatic heterocycles. The third kappa shape index (κ3) is 5.30. The van der Waals surface area contributed by atoms with E-state index in [9.17, 15) is 17.6 Å². The van der Waals surface area contributed by atoms with Crippen molar-refractivity contribution < 1.29 is 22.3 Å². The standard InChI is InChI=1S/C20H23FN2O4S/c1-14-6-7-15(21)12-19(14)22-20(24)13-27-17-8-10-18(11-9-17)28(25,26)23-16-4-2-3-5-16/h6-12,16,23H,2-5,13H2,1H3,(H,22,24). The van der Waals surface area contributed by atoms with Gasteiger partial charge in [-0.15, -0.1) is 0 Å². The summed E-state index contributed by atoms with van der Waals surface area (Å²) in [4.78, 5) is 12.2. The first-order chi connectivity index (χ1) is 13.3. The smallest absolute Gasteiger partial charge is 0.262 e. The summed E-state index contributed by atoms with van der Waals surface area (Å²) in [5, 5.41) is 2.59. The molecule has 0 radical (unpaired) electrons. The summed E-state index contributed by atoms with van der Waals surface area (Å²) in [5.41, 5.74) is 1.12. The minimum atomic E-state index is -3.56. The number of anilines is 1. The highest BCUT2D eigenvalue weighted by Gasteiger charge is 2.22. The summed E-state index contributed by atoms with van der Waals surface area (Å²) in [7, 11) is -3.56. The first-order valence-corrected chi connectivity index (χ1v) is 10.6. The highest BCUT2D eigenvalue weighted by atomic mass is 32.2. The molecule has 1 amide bonds. The Morgan fingerprint density at radius 1 is 1.14 bits per heavy atom. The molecular weight excluding hydrogens is 383 g/mol. The zero-order valence-electron chi connectivity index (χ0n) is 15.6. The van der Waals surface area contributed by atoms with Crippen LogP contribution in [0, 0.1) is 12.7 Å². The van der Waals surface area contributed by atoms with Crippen LogP contribution in [-0.2, 0) is 14.8 Å². The van der Waals surface area contributed by atoms with Crippen LogP contribution >= 0.6 is 0 Å². The molecular formula is C20H23FN2O4S. The summed E-state index contributed by atoms with van der Waals surface area (Å²) in [5.74, 6) is -0.510. The molecule has 6 nitrogen and oxygen atoms in total. The zero-order valence-corrected chi connectivity index (χ0v) is 16.4. The van der Waals surface area contributed by atoms with Crippen molar-refractivity contribution in [3.8, 4) is 5.75 Å². The quantitative estimate of drug-likeness (QED) is 0.738. The fourth-order valence-electron chi connectivity index (χ4n) is 3.11. The molecule has 0 atom stereocenters. The molecule has 0 saturated heterocycles. The summed E-state index contributed by atoms with van der Waals surface area (Å²) in [6.45, 7) is 1.48. The molecule has 0 unspecified atom stereocenters. The van der Waals surface area contributed by atoms with Crippen LogP contribution in [0.3, 0.4) is 0 Å². The predicted molar refractivity (Wildman–Crippen MR) is 104 cm³/mol. The van der Waals surface area contributed by atoms with E-state index in [1.54, 1.807) is 13.0 Å². The average molecular weight is 406 g/mol. The molecule has 1 saturated carbocycles. The van der Waals surface area contributed by atoms with Gasteiger partial charge in [-0.2, -0.15) is 0 Å². The number of hydrogen-bond donors (Lipinski definition) is 2. The topological polar surface area (TPSA) is 84.5 Å². The maximum Gasteiger partial charge on any atom is 0.262 e. The maximum absolute atomic E-state index is 13.3. The lowest BCUT2D eigenvalue weighted by molar-refractivity contribution is -0.118. The van der Waals surface area contributed by atoms with Crippen molar-refractivity contribution in [2.75, 3.05) is 11.9 Å². The van der Waals surface area contributed by atoms with E-state index in [2.05, 4.69) is 10.0 Å². The van der Waals surface area contributed by atoms with Crippen molar-refractivity contribution in [2.24, 2.45) is 0 Å². The highest BCUT2D eigenvalue weighted by molar-refractivity contribution is 7.89. The third-order valence-electron chi connectivity index (χ3n) is 4.65. The number of carbonyl (C=O) groups is 1. The van der Waals surface area contributed by atoms with Gasteiger partial charge in [0.25, 0.3) is 5.91 Å². The summed E-state index contributed by atoms with van der Waals surface area (Å²) < 4.78 is 46.1. The minimum Gasteiger partial charge on any atom is -0.484 e. The van der Waals surface area contributed by atoms with E-state index in [0.717, 1.165) is 31.2 Å². The maximum atomic E-state index is 13.3. The monoisotopic (exact) mass is 406 g/mol. The van der Waals surface area contributed by atoms with Crippen molar-refractivity contribution >= 4 is 21.6 Å². The molecule has 1 fully saturated rings. The summed E-state index contributed by atoms with van der Waals surface area (Å²) >= 11 is 0. The van der Waals surface area contributed by atoms with E-state index in [-0.39, 0.29) is 17.5 Å². The number of amides is 1. The molecule has 0 heterocycles. The summed E-state index contributed by atoms with van der Waals surface area (Å²) in [6, 6.07) is 10.0. The van der Waals surface area contributed by atoms with E-state index in [1.807, 2.05) is 0 Å². The number of sulfonamides is 1. The van der Waals surface area contributed by atoms with Gasteiger partial charge in [0.05, 0.1) is 4.90 Å². The second-order valence-corrected chi connectivity index (χ2v) is 8.58. The summed E-state index contributed by atoms with van der Waals surface area (Å²) in [6.07, 6.45) is 3.80. The van der Waals surface area contributed by atoms with Gasteiger partial charge in [0, 0.05) is 11.7 Å². The van der Waals surface area contributed by atoms with Crippen LogP contribution in [0.2, 0.25) is 0 Å². The number of hydrogen-bond acceptors (Lipinski definition) is 4. The number of benzene rings is 2. The van der Waals surface area contributed by atoms with Gasteiger partial charge >= 0.3 is 0 Å². The molecule has 0 spiro atoms. The van der Waals surface area contributed by atoms with Crippen LogP contribution in [0.5, 0.6) is 5.75 Å². The van der Waals surface area contributed by atoms with Gasteiger partial charge in [-0.1, -0.05) is 18.9 Å². The van der Waals surface area contributed by atoms with Crippen molar-refractivity contribution in [3.05, 3.63) is 53.8 Å². The Morgan fingerprint density at radius 3 is 2.50 bits per heavy atom. The van der Waals surface area contributed by atoms with Crippen LogP contribution < -0.4 is 14.8 Å². The van der Waals surface area contributed by atoms with E-state index in [1.165, 1.54) is 36.4 Å². The largest absolute Gasteiger partial charge is 0.484 e. The van der Waals surface area contributed by atoms with Gasteiger partial charge in [0.15, 0.2) is 6.61 Å².